The highest BCUT2D eigenvalue weighted by molar-refractivity contribution is 9.10. The molecule has 0 fully saturated rings. The van der Waals surface area contributed by atoms with Gasteiger partial charge in [-0.2, -0.15) is 0 Å². The van der Waals surface area contributed by atoms with Crippen LogP contribution in [0.15, 0.2) is 71.2 Å². The molecule has 4 aromatic rings. The molecular weight excluding hydrogens is 444 g/mol. The largest absolute Gasteiger partial charge is 0.129 e. The van der Waals surface area contributed by atoms with E-state index >= 15 is 0 Å². The molecule has 0 aliphatic heterocycles. The smallest absolute Gasteiger partial charge is 0.127 e. The average Bonchev–Trinajstić information content (AvgIpc) is 2.66. The summed E-state index contributed by atoms with van der Waals surface area (Å²) in [5.41, 5.74) is 7.05. The highest BCUT2D eigenvalue weighted by Gasteiger charge is 2.16. The Morgan fingerprint density at radius 3 is 2.14 bits per heavy atom. The van der Waals surface area contributed by atoms with Gasteiger partial charge in [0.1, 0.15) is 8.07 Å². The van der Waals surface area contributed by atoms with Gasteiger partial charge >= 0.3 is 0 Å². The van der Waals surface area contributed by atoms with E-state index in [1.807, 2.05) is 6.07 Å². The fourth-order valence-electron chi connectivity index (χ4n) is 3.46. The monoisotopic (exact) mass is 462 g/mol. The van der Waals surface area contributed by atoms with E-state index in [1.165, 1.54) is 21.9 Å². The van der Waals surface area contributed by atoms with Gasteiger partial charge in [0.25, 0.3) is 0 Å². The van der Waals surface area contributed by atoms with Crippen molar-refractivity contribution < 1.29 is 0 Å². The van der Waals surface area contributed by atoms with Crippen LogP contribution >= 0.6 is 27.5 Å². The van der Waals surface area contributed by atoms with Gasteiger partial charge in [0, 0.05) is 20.6 Å². The Kier molecular flexibility index (Phi) is 5.10. The predicted octanol–water partition coefficient (Wildman–Crippen LogP) is 8.30. The van der Waals surface area contributed by atoms with Crippen LogP contribution in [-0.4, -0.2) is 8.07 Å². The molecular formula is C25H20BrClSi. The van der Waals surface area contributed by atoms with Crippen molar-refractivity contribution in [3.8, 4) is 22.6 Å². The lowest BCUT2D eigenvalue weighted by atomic mass is 9.88. The number of rotatable bonds is 1. The maximum atomic E-state index is 6.36. The molecule has 0 nitrogen and oxygen atoms in total. The fourth-order valence-corrected chi connectivity index (χ4v) is 4.40. The molecule has 28 heavy (non-hydrogen) atoms. The van der Waals surface area contributed by atoms with Gasteiger partial charge in [-0.05, 0) is 51.4 Å². The highest BCUT2D eigenvalue weighted by atomic mass is 79.9. The minimum atomic E-state index is -1.53. The molecule has 0 aliphatic rings. The molecule has 0 N–H and O–H groups in total. The number of hydrogen-bond donors (Lipinski definition) is 0. The zero-order valence-electron chi connectivity index (χ0n) is 16.1. The van der Waals surface area contributed by atoms with E-state index in [1.54, 1.807) is 0 Å². The molecule has 0 heterocycles. The van der Waals surface area contributed by atoms with E-state index in [0.717, 1.165) is 25.8 Å². The standard InChI is InChI=1S/C25H20BrClSi/c1-28(2,3)15-14-23-21-13-12-19(27)16-24(21)20-6-4-5-7-22(20)25(23)17-8-10-18(26)11-9-17/h4-13,16H,1-3H3. The van der Waals surface area contributed by atoms with Crippen LogP contribution < -0.4 is 0 Å². The van der Waals surface area contributed by atoms with Crippen LogP contribution in [0.3, 0.4) is 0 Å². The number of halogens is 2. The Balaban J connectivity index is 2.21. The van der Waals surface area contributed by atoms with Crippen LogP contribution in [0, 0.1) is 11.5 Å². The van der Waals surface area contributed by atoms with E-state index in [2.05, 4.69) is 108 Å². The lowest BCUT2D eigenvalue weighted by Gasteiger charge is -2.16. The van der Waals surface area contributed by atoms with Crippen molar-refractivity contribution in [2.24, 2.45) is 0 Å². The average molecular weight is 464 g/mol. The molecule has 0 atom stereocenters. The van der Waals surface area contributed by atoms with Gasteiger partial charge in [0.15, 0.2) is 0 Å². The van der Waals surface area contributed by atoms with Crippen molar-refractivity contribution in [2.75, 3.05) is 0 Å². The molecule has 0 spiro atoms. The SMILES string of the molecule is C[Si](C)(C)C#Cc1c(-c2ccc(Br)cc2)c2ccccc2c2cc(Cl)ccc12. The first-order valence-electron chi connectivity index (χ1n) is 9.26. The lowest BCUT2D eigenvalue weighted by molar-refractivity contribution is 1.61. The third-order valence-corrected chi connectivity index (χ3v) is 6.32. The zero-order valence-corrected chi connectivity index (χ0v) is 19.4. The van der Waals surface area contributed by atoms with E-state index in [0.29, 0.717) is 0 Å². The lowest BCUT2D eigenvalue weighted by Crippen LogP contribution is -2.16. The number of benzene rings is 4. The predicted molar refractivity (Wildman–Crippen MR) is 130 cm³/mol. The van der Waals surface area contributed by atoms with Gasteiger partial charge in [0.2, 0.25) is 0 Å². The third-order valence-electron chi connectivity index (χ3n) is 4.68. The summed E-state index contributed by atoms with van der Waals surface area (Å²) in [4.78, 5) is 0. The quantitative estimate of drug-likeness (QED) is 0.151. The molecule has 3 heteroatoms. The maximum absolute atomic E-state index is 6.36. The van der Waals surface area contributed by atoms with Crippen LogP contribution in [-0.2, 0) is 0 Å². The van der Waals surface area contributed by atoms with Crippen LogP contribution in [0.2, 0.25) is 24.7 Å². The summed E-state index contributed by atoms with van der Waals surface area (Å²) >= 11 is 9.91. The summed E-state index contributed by atoms with van der Waals surface area (Å²) in [5, 5.41) is 5.48. The van der Waals surface area contributed by atoms with Crippen molar-refractivity contribution in [3.63, 3.8) is 0 Å². The van der Waals surface area contributed by atoms with E-state index in [-0.39, 0.29) is 0 Å². The van der Waals surface area contributed by atoms with Gasteiger partial charge in [-0.1, -0.05) is 95.6 Å². The number of hydrogen-bond acceptors (Lipinski definition) is 0. The molecule has 0 unspecified atom stereocenters. The van der Waals surface area contributed by atoms with Gasteiger partial charge in [-0.15, -0.1) is 5.54 Å². The fraction of sp³-hybridized carbons (Fsp3) is 0.120. The van der Waals surface area contributed by atoms with Crippen LogP contribution in [0.4, 0.5) is 0 Å². The van der Waals surface area contributed by atoms with Crippen molar-refractivity contribution in [1.82, 2.24) is 0 Å². The van der Waals surface area contributed by atoms with Crippen molar-refractivity contribution in [1.29, 1.82) is 0 Å². The van der Waals surface area contributed by atoms with Gasteiger partial charge < -0.3 is 0 Å². The molecule has 0 saturated carbocycles. The molecule has 4 rings (SSSR count). The Morgan fingerprint density at radius 1 is 0.786 bits per heavy atom. The summed E-state index contributed by atoms with van der Waals surface area (Å²) in [5.74, 6) is 3.58. The molecule has 0 amide bonds. The van der Waals surface area contributed by atoms with Gasteiger partial charge in [-0.25, -0.2) is 0 Å². The zero-order chi connectivity index (χ0) is 19.9. The number of fused-ring (bicyclic) bond motifs is 3. The van der Waals surface area contributed by atoms with Gasteiger partial charge in [-0.3, -0.25) is 0 Å². The van der Waals surface area contributed by atoms with E-state index < -0.39 is 8.07 Å². The molecule has 0 aliphatic carbocycles. The van der Waals surface area contributed by atoms with Crippen LogP contribution in [0.5, 0.6) is 0 Å². The first-order valence-corrected chi connectivity index (χ1v) is 13.9. The maximum Gasteiger partial charge on any atom is 0.129 e. The second-order valence-electron chi connectivity index (χ2n) is 7.99. The molecule has 138 valence electrons. The van der Waals surface area contributed by atoms with Crippen LogP contribution in [0.1, 0.15) is 5.56 Å². The first kappa shape index (κ1) is 19.3. The summed E-state index contributed by atoms with van der Waals surface area (Å²) in [7, 11) is -1.53. The van der Waals surface area contributed by atoms with Crippen LogP contribution in [0.25, 0.3) is 32.7 Å². The van der Waals surface area contributed by atoms with Crippen molar-refractivity contribution >= 4 is 57.1 Å². The summed E-state index contributed by atoms with van der Waals surface area (Å²) in [6.45, 7) is 6.83. The molecule has 0 radical (unpaired) electrons. The summed E-state index contributed by atoms with van der Waals surface area (Å²) < 4.78 is 1.07. The van der Waals surface area contributed by atoms with E-state index in [4.69, 9.17) is 11.6 Å². The normalized spacial score (nSPS) is 11.5. The van der Waals surface area contributed by atoms with E-state index in [9.17, 15) is 0 Å². The minimum Gasteiger partial charge on any atom is -0.127 e. The second-order valence-corrected chi connectivity index (χ2v) is 14.1. The second kappa shape index (κ2) is 7.41. The molecule has 0 saturated heterocycles. The topological polar surface area (TPSA) is 0 Å². The van der Waals surface area contributed by atoms with Crippen molar-refractivity contribution in [3.05, 3.63) is 81.8 Å². The molecule has 4 aromatic carbocycles. The Bertz CT molecular complexity index is 1260. The first-order chi connectivity index (χ1) is 13.3. The Labute approximate surface area is 180 Å². The molecule has 0 bridgehead atoms. The minimum absolute atomic E-state index is 0.748. The summed E-state index contributed by atoms with van der Waals surface area (Å²) in [6, 6.07) is 23.2. The Hall–Kier alpha value is -2.05. The third kappa shape index (κ3) is 3.76. The highest BCUT2D eigenvalue weighted by Crippen LogP contribution is 2.39. The van der Waals surface area contributed by atoms with Crippen molar-refractivity contribution in [2.45, 2.75) is 19.6 Å². The molecule has 0 aromatic heterocycles. The Morgan fingerprint density at radius 2 is 1.46 bits per heavy atom. The summed E-state index contributed by atoms with van der Waals surface area (Å²) in [6.07, 6.45) is 0. The van der Waals surface area contributed by atoms with Gasteiger partial charge in [0.05, 0.1) is 0 Å².